The summed E-state index contributed by atoms with van der Waals surface area (Å²) in [5.74, 6) is -0.317. The van der Waals surface area contributed by atoms with E-state index in [1.54, 1.807) is 26.0 Å². The second kappa shape index (κ2) is 8.07. The van der Waals surface area contributed by atoms with Gasteiger partial charge in [-0.3, -0.25) is 4.79 Å². The summed E-state index contributed by atoms with van der Waals surface area (Å²) >= 11 is 6.13. The van der Waals surface area contributed by atoms with E-state index >= 15 is 0 Å². The van der Waals surface area contributed by atoms with Crippen LogP contribution < -0.4 is 14.8 Å². The molecule has 0 aliphatic carbocycles. The van der Waals surface area contributed by atoms with Gasteiger partial charge in [-0.05, 0) is 56.7 Å². The molecule has 8 heteroatoms. The molecule has 2 aromatic rings. The van der Waals surface area contributed by atoms with Gasteiger partial charge in [-0.25, -0.2) is 13.1 Å². The summed E-state index contributed by atoms with van der Waals surface area (Å²) < 4.78 is 32.6. The van der Waals surface area contributed by atoms with Crippen LogP contribution in [0.15, 0.2) is 41.3 Å². The molecule has 0 heterocycles. The normalized spacial score (nSPS) is 11.5. The van der Waals surface area contributed by atoms with Crippen LogP contribution in [0.4, 0.5) is 5.69 Å². The van der Waals surface area contributed by atoms with Gasteiger partial charge in [-0.15, -0.1) is 0 Å². The summed E-state index contributed by atoms with van der Waals surface area (Å²) in [5.41, 5.74) is 1.58. The van der Waals surface area contributed by atoms with E-state index in [2.05, 4.69) is 10.0 Å². The third-order valence-electron chi connectivity index (χ3n) is 3.48. The van der Waals surface area contributed by atoms with Crippen molar-refractivity contribution in [3.05, 3.63) is 52.5 Å². The zero-order valence-corrected chi connectivity index (χ0v) is 16.5. The van der Waals surface area contributed by atoms with Crippen LogP contribution >= 0.6 is 11.6 Å². The van der Waals surface area contributed by atoms with Crippen LogP contribution in [0.3, 0.4) is 0 Å². The molecule has 0 fully saturated rings. The Morgan fingerprint density at radius 1 is 1.15 bits per heavy atom. The summed E-state index contributed by atoms with van der Waals surface area (Å²) in [6.45, 7) is 5.31. The molecule has 0 aliphatic rings. The average Bonchev–Trinajstić information content (AvgIpc) is 2.55. The van der Waals surface area contributed by atoms with Crippen LogP contribution in [0, 0.1) is 6.92 Å². The number of halogens is 1. The number of anilines is 1. The SMILES string of the molecule is COc1ccc(C(=O)Nc2ccc(C)cc2Cl)cc1S(=O)(=O)NC(C)C. The van der Waals surface area contributed by atoms with Gasteiger partial charge < -0.3 is 10.1 Å². The zero-order chi connectivity index (χ0) is 19.5. The predicted molar refractivity (Wildman–Crippen MR) is 103 cm³/mol. The van der Waals surface area contributed by atoms with Gasteiger partial charge in [0.25, 0.3) is 5.91 Å². The quantitative estimate of drug-likeness (QED) is 0.781. The number of sulfonamides is 1. The van der Waals surface area contributed by atoms with Crippen LogP contribution in [0.2, 0.25) is 5.02 Å². The Hall–Kier alpha value is -2.09. The van der Waals surface area contributed by atoms with E-state index < -0.39 is 15.9 Å². The lowest BCUT2D eigenvalue weighted by Crippen LogP contribution is -2.30. The molecule has 0 spiro atoms. The molecule has 2 aromatic carbocycles. The van der Waals surface area contributed by atoms with E-state index in [-0.39, 0.29) is 22.3 Å². The lowest BCUT2D eigenvalue weighted by atomic mass is 10.2. The number of nitrogens with one attached hydrogen (secondary N) is 2. The molecule has 2 N–H and O–H groups in total. The fourth-order valence-electron chi connectivity index (χ4n) is 2.32. The first-order valence-electron chi connectivity index (χ1n) is 7.92. The topological polar surface area (TPSA) is 84.5 Å². The highest BCUT2D eigenvalue weighted by molar-refractivity contribution is 7.89. The second-order valence-corrected chi connectivity index (χ2v) is 8.17. The number of methoxy groups -OCH3 is 1. The molecule has 140 valence electrons. The van der Waals surface area contributed by atoms with Crippen LogP contribution in [0.25, 0.3) is 0 Å². The van der Waals surface area contributed by atoms with E-state index in [0.29, 0.717) is 10.7 Å². The number of amides is 1. The van der Waals surface area contributed by atoms with Gasteiger partial charge >= 0.3 is 0 Å². The van der Waals surface area contributed by atoms with Gasteiger partial charge in [-0.1, -0.05) is 17.7 Å². The highest BCUT2D eigenvalue weighted by Crippen LogP contribution is 2.27. The third kappa shape index (κ3) is 4.75. The van der Waals surface area contributed by atoms with Gasteiger partial charge in [0.15, 0.2) is 0 Å². The van der Waals surface area contributed by atoms with Crippen molar-refractivity contribution in [3.63, 3.8) is 0 Å². The molecule has 0 aliphatic heterocycles. The fraction of sp³-hybridized carbons (Fsp3) is 0.278. The minimum Gasteiger partial charge on any atom is -0.495 e. The Morgan fingerprint density at radius 2 is 1.85 bits per heavy atom. The Morgan fingerprint density at radius 3 is 2.42 bits per heavy atom. The van der Waals surface area contributed by atoms with Gasteiger partial charge in [0.2, 0.25) is 10.0 Å². The van der Waals surface area contributed by atoms with Crippen molar-refractivity contribution in [1.82, 2.24) is 4.72 Å². The maximum Gasteiger partial charge on any atom is 0.255 e. The lowest BCUT2D eigenvalue weighted by Gasteiger charge is -2.14. The first kappa shape index (κ1) is 20.2. The number of ether oxygens (including phenoxy) is 1. The first-order valence-corrected chi connectivity index (χ1v) is 9.78. The molecule has 0 unspecified atom stereocenters. The van der Waals surface area contributed by atoms with Crippen molar-refractivity contribution >= 4 is 33.2 Å². The number of rotatable bonds is 6. The third-order valence-corrected chi connectivity index (χ3v) is 5.47. The molecule has 1 amide bonds. The molecule has 2 rings (SSSR count). The minimum absolute atomic E-state index is 0.101. The maximum atomic E-state index is 12.5. The summed E-state index contributed by atoms with van der Waals surface area (Å²) in [6.07, 6.45) is 0. The molecule has 26 heavy (non-hydrogen) atoms. The Kier molecular flexibility index (Phi) is 6.28. The van der Waals surface area contributed by atoms with Crippen molar-refractivity contribution < 1.29 is 17.9 Å². The molecule has 0 saturated heterocycles. The molecule has 6 nitrogen and oxygen atoms in total. The molecule has 0 bridgehead atoms. The monoisotopic (exact) mass is 396 g/mol. The van der Waals surface area contributed by atoms with Gasteiger partial charge in [-0.2, -0.15) is 0 Å². The molecular formula is C18H21ClN2O4S. The van der Waals surface area contributed by atoms with Crippen molar-refractivity contribution in [2.24, 2.45) is 0 Å². The number of aryl methyl sites for hydroxylation is 1. The van der Waals surface area contributed by atoms with Crippen LogP contribution in [-0.2, 0) is 10.0 Å². The van der Waals surface area contributed by atoms with Crippen LogP contribution in [0.1, 0.15) is 29.8 Å². The van der Waals surface area contributed by atoms with E-state index in [1.807, 2.05) is 13.0 Å². The largest absolute Gasteiger partial charge is 0.495 e. The standard InChI is InChI=1S/C18H21ClN2O4S/c1-11(2)21-26(23,24)17-10-13(6-8-16(17)25-4)18(22)20-15-7-5-12(3)9-14(15)19/h5-11,21H,1-4H3,(H,20,22). The van der Waals surface area contributed by atoms with E-state index in [9.17, 15) is 13.2 Å². The van der Waals surface area contributed by atoms with Crippen molar-refractivity contribution in [1.29, 1.82) is 0 Å². The number of carbonyl (C=O) groups is 1. The van der Waals surface area contributed by atoms with Crippen molar-refractivity contribution in [2.75, 3.05) is 12.4 Å². The molecule has 0 radical (unpaired) electrons. The van der Waals surface area contributed by atoms with Gasteiger partial charge in [0.05, 0.1) is 17.8 Å². The molecule has 0 aromatic heterocycles. The van der Waals surface area contributed by atoms with Crippen LogP contribution in [0.5, 0.6) is 5.75 Å². The summed E-state index contributed by atoms with van der Waals surface area (Å²) in [6, 6.07) is 9.16. The van der Waals surface area contributed by atoms with E-state index in [4.69, 9.17) is 16.3 Å². The Bertz CT molecular complexity index is 927. The molecule has 0 atom stereocenters. The van der Waals surface area contributed by atoms with Crippen LogP contribution in [-0.4, -0.2) is 27.5 Å². The predicted octanol–water partition coefficient (Wildman–Crippen LogP) is 3.60. The van der Waals surface area contributed by atoms with E-state index in [0.717, 1.165) is 5.56 Å². The second-order valence-electron chi connectivity index (χ2n) is 6.08. The number of hydrogen-bond acceptors (Lipinski definition) is 4. The first-order chi connectivity index (χ1) is 12.1. The van der Waals surface area contributed by atoms with Crippen molar-refractivity contribution in [2.45, 2.75) is 31.7 Å². The molecule has 0 saturated carbocycles. The summed E-state index contributed by atoms with van der Waals surface area (Å²) in [4.78, 5) is 12.4. The lowest BCUT2D eigenvalue weighted by molar-refractivity contribution is 0.102. The summed E-state index contributed by atoms with van der Waals surface area (Å²) in [7, 11) is -2.46. The summed E-state index contributed by atoms with van der Waals surface area (Å²) in [5, 5.41) is 3.09. The zero-order valence-electron chi connectivity index (χ0n) is 15.0. The van der Waals surface area contributed by atoms with Gasteiger partial charge in [0, 0.05) is 11.6 Å². The Balaban J connectivity index is 2.38. The maximum absolute atomic E-state index is 12.5. The fourth-order valence-corrected chi connectivity index (χ4v) is 4.05. The van der Waals surface area contributed by atoms with E-state index in [1.165, 1.54) is 25.3 Å². The number of carbonyl (C=O) groups excluding carboxylic acids is 1. The smallest absolute Gasteiger partial charge is 0.255 e. The van der Waals surface area contributed by atoms with Gasteiger partial charge in [0.1, 0.15) is 10.6 Å². The highest BCUT2D eigenvalue weighted by Gasteiger charge is 2.22. The van der Waals surface area contributed by atoms with Crippen molar-refractivity contribution in [3.8, 4) is 5.75 Å². The Labute approximate surface area is 158 Å². The number of benzene rings is 2. The highest BCUT2D eigenvalue weighted by atomic mass is 35.5. The molecular weight excluding hydrogens is 376 g/mol. The minimum atomic E-state index is -3.83. The average molecular weight is 397 g/mol. The number of hydrogen-bond donors (Lipinski definition) is 2.